The maximum Gasteiger partial charge on any atom is 0.108 e. The number of hydrogen-bond acceptors (Lipinski definition) is 3. The van der Waals surface area contributed by atoms with Gasteiger partial charge in [0.25, 0.3) is 0 Å². The lowest BCUT2D eigenvalue weighted by atomic mass is 10.0. The summed E-state index contributed by atoms with van der Waals surface area (Å²) in [5.41, 5.74) is 7.36. The summed E-state index contributed by atoms with van der Waals surface area (Å²) < 4.78 is 0. The molecule has 0 radical (unpaired) electrons. The number of benzene rings is 1. The average molecular weight is 269 g/mol. The SMILES string of the molecule is Nc1ccncc1C(O)c1cc(Cl)cc(Cl)c1. The van der Waals surface area contributed by atoms with Crippen LogP contribution in [0.1, 0.15) is 17.2 Å². The Morgan fingerprint density at radius 1 is 1.18 bits per heavy atom. The Bertz CT molecular complexity index is 526. The third-order valence-electron chi connectivity index (χ3n) is 2.38. The van der Waals surface area contributed by atoms with Gasteiger partial charge in [-0.25, -0.2) is 0 Å². The van der Waals surface area contributed by atoms with Crippen molar-refractivity contribution in [2.24, 2.45) is 0 Å². The first-order chi connectivity index (χ1) is 8.08. The van der Waals surface area contributed by atoms with Crippen LogP contribution in [0.5, 0.6) is 0 Å². The predicted octanol–water partition coefficient (Wildman–Crippen LogP) is 3.05. The van der Waals surface area contributed by atoms with Crippen molar-refractivity contribution in [3.8, 4) is 0 Å². The third kappa shape index (κ3) is 2.69. The highest BCUT2D eigenvalue weighted by Crippen LogP contribution is 2.29. The molecule has 1 aromatic heterocycles. The number of anilines is 1. The largest absolute Gasteiger partial charge is 0.398 e. The van der Waals surface area contributed by atoms with E-state index in [2.05, 4.69) is 4.98 Å². The Hall–Kier alpha value is -1.29. The molecule has 0 aliphatic rings. The average Bonchev–Trinajstić information content (AvgIpc) is 2.27. The molecule has 88 valence electrons. The van der Waals surface area contributed by atoms with Crippen LogP contribution in [0.15, 0.2) is 36.7 Å². The van der Waals surface area contributed by atoms with Crippen molar-refractivity contribution in [2.75, 3.05) is 5.73 Å². The second-order valence-corrected chi connectivity index (χ2v) is 4.48. The van der Waals surface area contributed by atoms with Crippen molar-refractivity contribution < 1.29 is 5.11 Å². The van der Waals surface area contributed by atoms with Gasteiger partial charge in [0, 0.05) is 33.7 Å². The van der Waals surface area contributed by atoms with Gasteiger partial charge in [-0.05, 0) is 29.8 Å². The zero-order valence-corrected chi connectivity index (χ0v) is 10.3. The van der Waals surface area contributed by atoms with E-state index in [-0.39, 0.29) is 0 Å². The molecule has 3 N–H and O–H groups in total. The first-order valence-corrected chi connectivity index (χ1v) is 5.67. The highest BCUT2D eigenvalue weighted by molar-refractivity contribution is 6.34. The summed E-state index contributed by atoms with van der Waals surface area (Å²) in [6.45, 7) is 0. The molecule has 0 amide bonds. The summed E-state index contributed by atoms with van der Waals surface area (Å²) in [7, 11) is 0. The molecule has 0 aliphatic carbocycles. The van der Waals surface area contributed by atoms with Gasteiger partial charge in [0.2, 0.25) is 0 Å². The maximum atomic E-state index is 10.2. The topological polar surface area (TPSA) is 59.1 Å². The Balaban J connectivity index is 2.43. The van der Waals surface area contributed by atoms with Crippen LogP contribution in [0.2, 0.25) is 10.0 Å². The molecule has 0 spiro atoms. The molecular formula is C12H10Cl2N2O. The predicted molar refractivity (Wildman–Crippen MR) is 69.2 cm³/mol. The summed E-state index contributed by atoms with van der Waals surface area (Å²) >= 11 is 11.8. The summed E-state index contributed by atoms with van der Waals surface area (Å²) in [4.78, 5) is 3.93. The van der Waals surface area contributed by atoms with E-state index in [0.29, 0.717) is 26.9 Å². The van der Waals surface area contributed by atoms with Crippen LogP contribution in [0.3, 0.4) is 0 Å². The van der Waals surface area contributed by atoms with E-state index in [1.807, 2.05) is 0 Å². The maximum absolute atomic E-state index is 10.2. The van der Waals surface area contributed by atoms with Gasteiger partial charge in [-0.1, -0.05) is 23.2 Å². The Kier molecular flexibility index (Phi) is 3.52. The molecule has 2 aromatic rings. The van der Waals surface area contributed by atoms with Crippen LogP contribution in [0, 0.1) is 0 Å². The second-order valence-electron chi connectivity index (χ2n) is 3.61. The number of nitrogens with zero attached hydrogens (tertiary/aromatic N) is 1. The van der Waals surface area contributed by atoms with E-state index >= 15 is 0 Å². The molecule has 17 heavy (non-hydrogen) atoms. The Morgan fingerprint density at radius 3 is 2.41 bits per heavy atom. The van der Waals surface area contributed by atoms with Crippen molar-refractivity contribution in [1.29, 1.82) is 0 Å². The Morgan fingerprint density at radius 2 is 1.82 bits per heavy atom. The van der Waals surface area contributed by atoms with Gasteiger partial charge in [0.15, 0.2) is 0 Å². The van der Waals surface area contributed by atoms with Crippen molar-refractivity contribution in [3.63, 3.8) is 0 Å². The van der Waals surface area contributed by atoms with Crippen LogP contribution in [-0.2, 0) is 0 Å². The van der Waals surface area contributed by atoms with Crippen LogP contribution < -0.4 is 5.73 Å². The molecule has 0 saturated heterocycles. The monoisotopic (exact) mass is 268 g/mol. The van der Waals surface area contributed by atoms with Crippen LogP contribution in [0.4, 0.5) is 5.69 Å². The number of aliphatic hydroxyl groups excluding tert-OH is 1. The van der Waals surface area contributed by atoms with Gasteiger partial charge in [0.05, 0.1) is 0 Å². The van der Waals surface area contributed by atoms with Gasteiger partial charge in [-0.2, -0.15) is 0 Å². The summed E-state index contributed by atoms with van der Waals surface area (Å²) in [6.07, 6.45) is 2.20. The van der Waals surface area contributed by atoms with E-state index in [0.717, 1.165) is 0 Å². The van der Waals surface area contributed by atoms with Crippen molar-refractivity contribution in [3.05, 3.63) is 57.8 Å². The number of halogens is 2. The fourth-order valence-corrected chi connectivity index (χ4v) is 2.10. The standard InChI is InChI=1S/C12H10Cl2N2O/c13-8-3-7(4-9(14)5-8)12(17)10-6-16-2-1-11(10)15/h1-6,12,17H,(H2,15,16). The smallest absolute Gasteiger partial charge is 0.108 e. The molecule has 0 bridgehead atoms. The van der Waals surface area contributed by atoms with Gasteiger partial charge >= 0.3 is 0 Å². The lowest BCUT2D eigenvalue weighted by Crippen LogP contribution is -2.04. The molecule has 0 saturated carbocycles. The van der Waals surface area contributed by atoms with Crippen molar-refractivity contribution in [2.45, 2.75) is 6.10 Å². The minimum absolute atomic E-state index is 0.467. The summed E-state index contributed by atoms with van der Waals surface area (Å²) in [6, 6.07) is 6.52. The lowest BCUT2D eigenvalue weighted by molar-refractivity contribution is 0.220. The molecular weight excluding hydrogens is 259 g/mol. The van der Waals surface area contributed by atoms with Crippen molar-refractivity contribution in [1.82, 2.24) is 4.98 Å². The number of hydrogen-bond donors (Lipinski definition) is 2. The van der Waals surface area contributed by atoms with Gasteiger partial charge in [0.1, 0.15) is 6.10 Å². The molecule has 1 unspecified atom stereocenters. The zero-order valence-electron chi connectivity index (χ0n) is 8.77. The van der Waals surface area contributed by atoms with E-state index in [1.165, 1.54) is 6.20 Å². The molecule has 1 heterocycles. The molecule has 0 fully saturated rings. The van der Waals surface area contributed by atoms with Crippen LogP contribution in [0.25, 0.3) is 0 Å². The quantitative estimate of drug-likeness (QED) is 0.880. The normalized spacial score (nSPS) is 12.4. The van der Waals surface area contributed by atoms with E-state index in [9.17, 15) is 5.11 Å². The van der Waals surface area contributed by atoms with Gasteiger partial charge in [-0.3, -0.25) is 4.98 Å². The number of pyridine rings is 1. The summed E-state index contributed by atoms with van der Waals surface area (Å²) in [5.74, 6) is 0. The Labute approximate surface area is 109 Å². The van der Waals surface area contributed by atoms with Crippen LogP contribution >= 0.6 is 23.2 Å². The molecule has 3 nitrogen and oxygen atoms in total. The van der Waals surface area contributed by atoms with Gasteiger partial charge < -0.3 is 10.8 Å². The van der Waals surface area contributed by atoms with Crippen molar-refractivity contribution >= 4 is 28.9 Å². The highest BCUT2D eigenvalue weighted by atomic mass is 35.5. The molecule has 0 aliphatic heterocycles. The zero-order chi connectivity index (χ0) is 12.4. The van der Waals surface area contributed by atoms with E-state index < -0.39 is 6.10 Å². The fraction of sp³-hybridized carbons (Fsp3) is 0.0833. The van der Waals surface area contributed by atoms with E-state index in [4.69, 9.17) is 28.9 Å². The highest BCUT2D eigenvalue weighted by Gasteiger charge is 2.14. The summed E-state index contributed by atoms with van der Waals surface area (Å²) in [5, 5.41) is 11.1. The number of rotatable bonds is 2. The molecule has 2 rings (SSSR count). The molecule has 1 atom stereocenters. The number of aliphatic hydroxyl groups is 1. The fourth-order valence-electron chi connectivity index (χ4n) is 1.56. The second kappa shape index (κ2) is 4.92. The first-order valence-electron chi connectivity index (χ1n) is 4.91. The number of aromatic nitrogens is 1. The molecule has 5 heteroatoms. The minimum atomic E-state index is -0.889. The van der Waals surface area contributed by atoms with Crippen LogP contribution in [-0.4, -0.2) is 10.1 Å². The number of nitrogen functional groups attached to an aromatic ring is 1. The molecule has 1 aromatic carbocycles. The number of nitrogens with two attached hydrogens (primary N) is 1. The third-order valence-corrected chi connectivity index (χ3v) is 2.82. The van der Waals surface area contributed by atoms with Gasteiger partial charge in [-0.15, -0.1) is 0 Å². The lowest BCUT2D eigenvalue weighted by Gasteiger charge is -2.13. The first kappa shape index (κ1) is 12.2. The van der Waals surface area contributed by atoms with E-state index in [1.54, 1.807) is 30.5 Å². The minimum Gasteiger partial charge on any atom is -0.398 e.